The van der Waals surface area contributed by atoms with E-state index in [0.29, 0.717) is 62.2 Å². The molecule has 0 radical (unpaired) electrons. The molecule has 0 saturated carbocycles. The molecule has 3 aromatic rings. The van der Waals surface area contributed by atoms with Gasteiger partial charge in [-0.15, -0.1) is 5.06 Å². The van der Waals surface area contributed by atoms with Crippen molar-refractivity contribution in [2.24, 2.45) is 47.3 Å². The average Bonchev–Trinajstić information content (AvgIpc) is 1.67. The van der Waals surface area contributed by atoms with Crippen molar-refractivity contribution in [3.63, 3.8) is 0 Å². The molecule has 13 amide bonds. The van der Waals surface area contributed by atoms with Crippen LogP contribution in [0.1, 0.15) is 199 Å². The molecule has 33 nitrogen and oxygen atoms in total. The average molecular weight is 1830 g/mol. The molecule has 0 aromatic heterocycles. The number of likely N-dealkylation sites (tertiary alicyclic amines) is 2. The van der Waals surface area contributed by atoms with E-state index in [1.165, 1.54) is 40.6 Å². The second kappa shape index (κ2) is 54.1. The summed E-state index contributed by atoms with van der Waals surface area (Å²) in [5, 5.41) is 21.6. The van der Waals surface area contributed by atoms with E-state index in [1.54, 1.807) is 83.9 Å². The van der Waals surface area contributed by atoms with Crippen molar-refractivity contribution in [3.05, 3.63) is 107 Å². The molecule has 131 heavy (non-hydrogen) atoms. The number of hydrogen-bond donors (Lipinski definition) is 7. The van der Waals surface area contributed by atoms with Crippen LogP contribution in [0.25, 0.3) is 0 Å². The lowest BCUT2D eigenvalue weighted by Gasteiger charge is -2.41. The standard InChI is InChI=1S/C98H156N14O19/c1-25-63(11)84(108(19)97(124)80(59(3)4)104-93(120)82(61(7)8)106(15)16)76(126-21)57-78(113)110-50-37-46-74(110)86(128-23)65(13)88(115)102-72(55-67-39-29-27-30-40-67)91(118)99-48-36-35-45-71(90(117)100-49-52-130-53-54-131-112-95(122)69-43-33-34-44-70(69)96(112)123)101-92(119)73(56-68-41-31-28-32-42-68)103-89(116)66(14)87(129-24)75-47-38-51-111(75)79(114)58-77(127-22)85(64(12)26-2)109(20)98(125)81(60(5)6)105-94(121)83(62(9)10)107(17)18/h27-34,39-44,59-66,71-77,80-87H,25-26,35-38,45-58H2,1-24H3,(H,99,118)(H,100,117)(H,101,119)(H,102,115)(H,103,116)(H,104,120)(H,105,121)/t63-,64-,65+,66+,71-,72-,73-,74-,75-,76+,77+,80-,81-,82-,83-,84-,85-,86+,87+/m0/s1. The highest BCUT2D eigenvalue weighted by atomic mass is 16.7. The Hall–Kier alpha value is -9.35. The summed E-state index contributed by atoms with van der Waals surface area (Å²) in [6.07, 6.45) is 0.673. The predicted molar refractivity (Wildman–Crippen MR) is 500 cm³/mol. The number of ether oxygens (including phenoxy) is 5. The molecule has 19 atom stereocenters. The van der Waals surface area contributed by atoms with E-state index < -0.39 is 144 Å². The molecular weight excluding hydrogens is 1680 g/mol. The summed E-state index contributed by atoms with van der Waals surface area (Å²) in [4.78, 5) is 203. The fourth-order valence-corrected chi connectivity index (χ4v) is 18.8. The fourth-order valence-electron chi connectivity index (χ4n) is 18.8. The third-order valence-electron chi connectivity index (χ3n) is 26.3. The van der Waals surface area contributed by atoms with Crippen LogP contribution in [0, 0.1) is 47.3 Å². The first-order valence-electron chi connectivity index (χ1n) is 47.1. The van der Waals surface area contributed by atoms with E-state index in [-0.39, 0.29) is 160 Å². The van der Waals surface area contributed by atoms with Crippen molar-refractivity contribution < 1.29 is 90.9 Å². The number of amides is 13. The van der Waals surface area contributed by atoms with Crippen molar-refractivity contribution in [1.29, 1.82) is 0 Å². The number of unbranched alkanes of at least 4 members (excludes halogenated alkanes) is 1. The molecule has 3 aliphatic rings. The van der Waals surface area contributed by atoms with Gasteiger partial charge in [-0.25, -0.2) is 0 Å². The van der Waals surface area contributed by atoms with E-state index in [9.17, 15) is 52.7 Å². The van der Waals surface area contributed by atoms with Gasteiger partial charge in [0.15, 0.2) is 0 Å². The van der Waals surface area contributed by atoms with Gasteiger partial charge in [-0.3, -0.25) is 77.0 Å². The van der Waals surface area contributed by atoms with Gasteiger partial charge in [0.1, 0.15) is 30.2 Å². The number of hydrogen-bond acceptors (Lipinski definition) is 21. The van der Waals surface area contributed by atoms with Gasteiger partial charge in [0.05, 0.1) is 116 Å². The van der Waals surface area contributed by atoms with Crippen LogP contribution in [0.15, 0.2) is 84.9 Å². The van der Waals surface area contributed by atoms with Gasteiger partial charge in [-0.1, -0.05) is 183 Å². The summed E-state index contributed by atoms with van der Waals surface area (Å²) < 4.78 is 30.4. The minimum absolute atomic E-state index is 0.0111. The van der Waals surface area contributed by atoms with Gasteiger partial charge >= 0.3 is 0 Å². The van der Waals surface area contributed by atoms with E-state index in [4.69, 9.17) is 28.5 Å². The maximum Gasteiger partial charge on any atom is 0.285 e. The quantitative estimate of drug-likeness (QED) is 0.0224. The zero-order valence-electron chi connectivity index (χ0n) is 82.4. The smallest absolute Gasteiger partial charge is 0.285 e. The summed E-state index contributed by atoms with van der Waals surface area (Å²) in [7, 11) is 16.7. The largest absolute Gasteiger partial charge is 0.379 e. The van der Waals surface area contributed by atoms with Gasteiger partial charge in [0.25, 0.3) is 11.8 Å². The third kappa shape index (κ3) is 30.6. The predicted octanol–water partition coefficient (Wildman–Crippen LogP) is 6.87. The maximum absolute atomic E-state index is 15.1. The molecule has 33 heteroatoms. The minimum atomic E-state index is -1.27. The molecule has 3 aliphatic heterocycles. The zero-order chi connectivity index (χ0) is 97.4. The number of imide groups is 1. The van der Waals surface area contributed by atoms with Crippen molar-refractivity contribution in [2.45, 2.75) is 271 Å². The van der Waals surface area contributed by atoms with Crippen LogP contribution in [0.4, 0.5) is 0 Å². The van der Waals surface area contributed by atoms with Gasteiger partial charge in [-0.2, -0.15) is 0 Å². The Morgan fingerprint density at radius 1 is 0.427 bits per heavy atom. The van der Waals surface area contributed by atoms with Gasteiger partial charge in [0, 0.05) is 81.6 Å². The molecule has 2 fully saturated rings. The second-order valence-corrected chi connectivity index (χ2v) is 37.5. The summed E-state index contributed by atoms with van der Waals surface area (Å²) >= 11 is 0. The first-order chi connectivity index (χ1) is 62.2. The van der Waals surface area contributed by atoms with Gasteiger partial charge < -0.3 is 80.5 Å². The van der Waals surface area contributed by atoms with Crippen LogP contribution in [-0.4, -0.2) is 319 Å². The van der Waals surface area contributed by atoms with Crippen molar-refractivity contribution in [1.82, 2.24) is 71.7 Å². The Kier molecular flexibility index (Phi) is 45.6. The topological polar surface area (TPSA) is 384 Å². The lowest BCUT2D eigenvalue weighted by atomic mass is 9.89. The highest BCUT2D eigenvalue weighted by Crippen LogP contribution is 2.34. The number of rotatable bonds is 56. The molecule has 3 aromatic carbocycles. The second-order valence-electron chi connectivity index (χ2n) is 37.5. The monoisotopic (exact) mass is 1830 g/mol. The van der Waals surface area contributed by atoms with Crippen molar-refractivity contribution in [2.75, 3.05) is 117 Å². The molecule has 3 heterocycles. The Morgan fingerprint density at radius 3 is 1.18 bits per heavy atom. The molecule has 7 N–H and O–H groups in total. The van der Waals surface area contributed by atoms with E-state index in [2.05, 4.69) is 37.2 Å². The van der Waals surface area contributed by atoms with Crippen LogP contribution >= 0.6 is 0 Å². The zero-order valence-corrected chi connectivity index (χ0v) is 82.4. The lowest BCUT2D eigenvalue weighted by Crippen LogP contribution is -2.59. The Morgan fingerprint density at radius 2 is 0.809 bits per heavy atom. The summed E-state index contributed by atoms with van der Waals surface area (Å²) in [6, 6.07) is 16.0. The number of carbonyl (C=O) groups excluding carboxylic acids is 13. The highest BCUT2D eigenvalue weighted by Gasteiger charge is 2.48. The summed E-state index contributed by atoms with van der Waals surface area (Å²) in [6.45, 7) is 27.2. The first kappa shape index (κ1) is 110. The highest BCUT2D eigenvalue weighted by molar-refractivity contribution is 6.20. The van der Waals surface area contributed by atoms with Crippen LogP contribution in [0.2, 0.25) is 0 Å². The number of fused-ring (bicyclic) bond motifs is 1. The minimum Gasteiger partial charge on any atom is -0.379 e. The number of carbonyl (C=O) groups is 13. The fraction of sp³-hybridized carbons (Fsp3) is 0.684. The van der Waals surface area contributed by atoms with E-state index in [0.717, 1.165) is 5.56 Å². The SMILES string of the molecule is CC[C@H](C)[C@@H]([C@@H](CC(=O)N1CCC[C@H]1[C@H](OC)[C@@H](C)C(=O)N[C@@H](Cc1ccccc1)C(=O)NCCCC[C@H](NC(=O)[C@H](Cc1ccccc1)NC(=O)[C@H](C)[C@@H](OC)[C@@H]1CCCN1C(=O)C[C@@H](OC)[C@H]([C@@H](C)CC)N(C)C(=O)[C@@H](NC(=O)[C@H](C(C)C)N(C)C)C(C)C)C(=O)NCCOCCON1C(=O)c2ccccc2C1=O)OC)N(C)C(=O)[C@@H](NC(=O)[C@H](C(C)C)N(C)C)C(C)C. The first-order valence-corrected chi connectivity index (χ1v) is 47.1. The Labute approximate surface area is 778 Å². The molecule has 2 saturated heterocycles. The maximum atomic E-state index is 15.1. The number of nitrogens with one attached hydrogen (secondary N) is 7. The summed E-state index contributed by atoms with van der Waals surface area (Å²) in [5.74, 6) is -8.50. The molecule has 0 bridgehead atoms. The number of methoxy groups -OCH3 is 4. The molecule has 732 valence electrons. The number of hydroxylamine groups is 2. The van der Waals surface area contributed by atoms with Crippen LogP contribution in [-0.2, 0) is 94.1 Å². The molecule has 0 spiro atoms. The van der Waals surface area contributed by atoms with Gasteiger partial charge in [-0.05, 0) is 132 Å². The van der Waals surface area contributed by atoms with Crippen LogP contribution in [0.3, 0.4) is 0 Å². The van der Waals surface area contributed by atoms with Crippen LogP contribution in [0.5, 0.6) is 0 Å². The molecular formula is C98H156N14O19. The molecule has 0 aliphatic carbocycles. The normalized spacial score (nSPS) is 18.6. The number of benzene rings is 3. The van der Waals surface area contributed by atoms with Crippen molar-refractivity contribution in [3.8, 4) is 0 Å². The number of likely N-dealkylation sites (N-methyl/N-ethyl adjacent to an activating group) is 4. The Bertz CT molecular complexity index is 4130. The molecule has 0 unspecified atom stereocenters. The van der Waals surface area contributed by atoms with Gasteiger partial charge in [0.2, 0.25) is 65.0 Å². The Balaban J connectivity index is 1.18. The van der Waals surface area contributed by atoms with E-state index >= 15 is 9.59 Å². The summed E-state index contributed by atoms with van der Waals surface area (Å²) in [5.41, 5.74) is 1.87. The lowest BCUT2D eigenvalue weighted by molar-refractivity contribution is -0.148. The third-order valence-corrected chi connectivity index (χ3v) is 26.3. The van der Waals surface area contributed by atoms with E-state index in [1.807, 2.05) is 157 Å². The number of nitrogens with zero attached hydrogens (tertiary/aromatic N) is 7. The van der Waals surface area contributed by atoms with Crippen LogP contribution < -0.4 is 37.2 Å². The van der Waals surface area contributed by atoms with Crippen molar-refractivity contribution >= 4 is 76.8 Å². The molecule has 6 rings (SSSR count).